The second-order valence-corrected chi connectivity index (χ2v) is 7.21. The van der Waals surface area contributed by atoms with Gasteiger partial charge in [0.15, 0.2) is 5.65 Å². The van der Waals surface area contributed by atoms with E-state index in [9.17, 15) is 4.79 Å². The van der Waals surface area contributed by atoms with Gasteiger partial charge in [0.1, 0.15) is 5.56 Å². The molecule has 4 aromatic rings. The molecule has 2 aromatic carbocycles. The number of hydrogen-bond donors (Lipinski definition) is 0. The Bertz CT molecular complexity index is 1130. The molecule has 0 radical (unpaired) electrons. The molecule has 0 aliphatic rings. The van der Waals surface area contributed by atoms with Gasteiger partial charge in [0.25, 0.3) is 5.91 Å². The number of nitrogens with zero attached hydrogens (tertiary/aromatic N) is 5. The molecule has 0 bridgehead atoms. The van der Waals surface area contributed by atoms with E-state index in [-0.39, 0.29) is 5.91 Å². The van der Waals surface area contributed by atoms with Gasteiger partial charge in [-0.25, -0.2) is 9.50 Å². The number of rotatable bonds is 5. The standard InChI is InChI=1S/C23H23N5O/c1-26(2)19-11-9-17(10-12-19)16-27(3)23(29)20-15-25-28-21(13-14-24-22(20)28)18-7-5-4-6-8-18/h4-15H,16H2,1-3H3. The third kappa shape index (κ3) is 3.69. The summed E-state index contributed by atoms with van der Waals surface area (Å²) in [4.78, 5) is 21.2. The van der Waals surface area contributed by atoms with E-state index in [1.165, 1.54) is 0 Å². The molecule has 0 atom stereocenters. The lowest BCUT2D eigenvalue weighted by Gasteiger charge is -2.18. The molecular weight excluding hydrogens is 362 g/mol. The molecule has 0 aliphatic heterocycles. The summed E-state index contributed by atoms with van der Waals surface area (Å²) in [5.41, 5.74) is 5.18. The molecule has 0 N–H and O–H groups in total. The third-order valence-electron chi connectivity index (χ3n) is 4.92. The van der Waals surface area contributed by atoms with Crippen molar-refractivity contribution in [3.8, 4) is 11.3 Å². The smallest absolute Gasteiger partial charge is 0.259 e. The van der Waals surface area contributed by atoms with Crippen molar-refractivity contribution in [3.05, 3.63) is 84.2 Å². The summed E-state index contributed by atoms with van der Waals surface area (Å²) in [6.45, 7) is 0.516. The van der Waals surface area contributed by atoms with Crippen molar-refractivity contribution in [1.82, 2.24) is 19.5 Å². The van der Waals surface area contributed by atoms with E-state index >= 15 is 0 Å². The zero-order chi connectivity index (χ0) is 20.4. The van der Waals surface area contributed by atoms with Crippen molar-refractivity contribution in [2.24, 2.45) is 0 Å². The first-order valence-corrected chi connectivity index (χ1v) is 9.44. The normalized spacial score (nSPS) is 10.9. The van der Waals surface area contributed by atoms with Gasteiger partial charge in [-0.15, -0.1) is 0 Å². The molecule has 2 aromatic heterocycles. The molecule has 0 saturated heterocycles. The predicted molar refractivity (Wildman–Crippen MR) is 115 cm³/mol. The summed E-state index contributed by atoms with van der Waals surface area (Å²) in [6.07, 6.45) is 3.32. The fourth-order valence-electron chi connectivity index (χ4n) is 3.32. The molecule has 0 aliphatic carbocycles. The van der Waals surface area contributed by atoms with Crippen LogP contribution in [0.4, 0.5) is 5.69 Å². The van der Waals surface area contributed by atoms with Crippen LogP contribution in [0.5, 0.6) is 0 Å². The first-order chi connectivity index (χ1) is 14.0. The minimum Gasteiger partial charge on any atom is -0.378 e. The van der Waals surface area contributed by atoms with Gasteiger partial charge >= 0.3 is 0 Å². The van der Waals surface area contributed by atoms with Gasteiger partial charge < -0.3 is 9.80 Å². The Morgan fingerprint density at radius 1 is 0.966 bits per heavy atom. The maximum Gasteiger partial charge on any atom is 0.259 e. The average molecular weight is 385 g/mol. The van der Waals surface area contributed by atoms with Crippen LogP contribution in [-0.4, -0.2) is 46.5 Å². The molecule has 4 rings (SSSR count). The summed E-state index contributed by atoms with van der Waals surface area (Å²) in [5.74, 6) is -0.102. The van der Waals surface area contributed by atoms with Gasteiger partial charge in [-0.2, -0.15) is 5.10 Å². The van der Waals surface area contributed by atoms with Crippen LogP contribution in [0, 0.1) is 0 Å². The van der Waals surface area contributed by atoms with Crippen molar-refractivity contribution < 1.29 is 4.79 Å². The van der Waals surface area contributed by atoms with E-state index in [0.717, 1.165) is 22.5 Å². The number of carbonyl (C=O) groups excluding carboxylic acids is 1. The maximum atomic E-state index is 13.1. The summed E-state index contributed by atoms with van der Waals surface area (Å²) in [6, 6.07) is 20.1. The van der Waals surface area contributed by atoms with Crippen molar-refractivity contribution in [1.29, 1.82) is 0 Å². The Hall–Kier alpha value is -3.67. The Kier molecular flexibility index (Phi) is 4.99. The van der Waals surface area contributed by atoms with E-state index in [4.69, 9.17) is 0 Å². The predicted octanol–water partition coefficient (Wildman–Crippen LogP) is 3.73. The van der Waals surface area contributed by atoms with Crippen molar-refractivity contribution in [2.45, 2.75) is 6.54 Å². The van der Waals surface area contributed by atoms with Gasteiger partial charge in [0.2, 0.25) is 0 Å². The van der Waals surface area contributed by atoms with Crippen LogP contribution in [0.1, 0.15) is 15.9 Å². The number of aromatic nitrogens is 3. The monoisotopic (exact) mass is 385 g/mol. The van der Waals surface area contributed by atoms with Crippen LogP contribution in [0.3, 0.4) is 0 Å². The topological polar surface area (TPSA) is 53.7 Å². The Labute approximate surface area is 170 Å². The summed E-state index contributed by atoms with van der Waals surface area (Å²) in [7, 11) is 5.81. The molecule has 146 valence electrons. The fraction of sp³-hybridized carbons (Fsp3) is 0.174. The van der Waals surface area contributed by atoms with Crippen LogP contribution in [0.25, 0.3) is 16.9 Å². The van der Waals surface area contributed by atoms with E-state index in [2.05, 4.69) is 22.2 Å². The SMILES string of the molecule is CN(Cc1ccc(N(C)C)cc1)C(=O)c1cnn2c(-c3ccccc3)ccnc12. The van der Waals surface area contributed by atoms with Gasteiger partial charge in [-0.05, 0) is 23.8 Å². The average Bonchev–Trinajstić information content (AvgIpc) is 3.18. The largest absolute Gasteiger partial charge is 0.378 e. The second kappa shape index (κ2) is 7.75. The molecule has 6 nitrogen and oxygen atoms in total. The van der Waals surface area contributed by atoms with Crippen molar-refractivity contribution in [3.63, 3.8) is 0 Å². The number of hydrogen-bond acceptors (Lipinski definition) is 4. The van der Waals surface area contributed by atoms with Gasteiger partial charge in [0, 0.05) is 45.1 Å². The molecule has 0 unspecified atom stereocenters. The molecule has 6 heteroatoms. The molecular formula is C23H23N5O. The third-order valence-corrected chi connectivity index (χ3v) is 4.92. The lowest BCUT2D eigenvalue weighted by Crippen LogP contribution is -2.26. The zero-order valence-electron chi connectivity index (χ0n) is 16.8. The highest BCUT2D eigenvalue weighted by atomic mass is 16.2. The quantitative estimate of drug-likeness (QED) is 0.525. The Morgan fingerprint density at radius 2 is 1.69 bits per heavy atom. The van der Waals surface area contributed by atoms with E-state index in [0.29, 0.717) is 17.8 Å². The minimum atomic E-state index is -0.102. The summed E-state index contributed by atoms with van der Waals surface area (Å²) >= 11 is 0. The highest BCUT2D eigenvalue weighted by molar-refractivity contribution is 5.99. The summed E-state index contributed by atoms with van der Waals surface area (Å²) in [5, 5.41) is 4.44. The molecule has 0 saturated carbocycles. The number of benzene rings is 2. The lowest BCUT2D eigenvalue weighted by atomic mass is 10.1. The lowest BCUT2D eigenvalue weighted by molar-refractivity contribution is 0.0787. The highest BCUT2D eigenvalue weighted by Crippen LogP contribution is 2.21. The first-order valence-electron chi connectivity index (χ1n) is 9.44. The second-order valence-electron chi connectivity index (χ2n) is 7.21. The number of carbonyl (C=O) groups is 1. The minimum absolute atomic E-state index is 0.102. The summed E-state index contributed by atoms with van der Waals surface area (Å²) < 4.78 is 1.72. The number of anilines is 1. The van der Waals surface area contributed by atoms with Crippen LogP contribution in [0.15, 0.2) is 73.1 Å². The fourth-order valence-corrected chi connectivity index (χ4v) is 3.32. The van der Waals surface area contributed by atoms with Crippen LogP contribution in [-0.2, 0) is 6.54 Å². The zero-order valence-corrected chi connectivity index (χ0v) is 16.8. The molecule has 1 amide bonds. The van der Waals surface area contributed by atoms with Crippen molar-refractivity contribution >= 4 is 17.2 Å². The van der Waals surface area contributed by atoms with Gasteiger partial charge in [-0.1, -0.05) is 42.5 Å². The van der Waals surface area contributed by atoms with E-state index in [1.807, 2.05) is 67.5 Å². The maximum absolute atomic E-state index is 13.1. The van der Waals surface area contributed by atoms with Crippen LogP contribution >= 0.6 is 0 Å². The highest BCUT2D eigenvalue weighted by Gasteiger charge is 2.19. The van der Waals surface area contributed by atoms with E-state index in [1.54, 1.807) is 28.9 Å². The molecule has 29 heavy (non-hydrogen) atoms. The Balaban J connectivity index is 1.60. The first kappa shape index (κ1) is 18.7. The molecule has 0 fully saturated rings. The van der Waals surface area contributed by atoms with E-state index < -0.39 is 0 Å². The molecule has 0 spiro atoms. The van der Waals surface area contributed by atoms with Gasteiger partial charge in [0.05, 0.1) is 11.9 Å². The Morgan fingerprint density at radius 3 is 2.38 bits per heavy atom. The van der Waals surface area contributed by atoms with Gasteiger partial charge in [-0.3, -0.25) is 4.79 Å². The van der Waals surface area contributed by atoms with Crippen molar-refractivity contribution in [2.75, 3.05) is 26.0 Å². The van der Waals surface area contributed by atoms with Crippen LogP contribution < -0.4 is 4.90 Å². The molecule has 2 heterocycles. The number of amides is 1. The number of fused-ring (bicyclic) bond motifs is 1. The van der Waals surface area contributed by atoms with Crippen LogP contribution in [0.2, 0.25) is 0 Å².